The second-order valence-electron chi connectivity index (χ2n) is 3.20. The van der Waals surface area contributed by atoms with Crippen molar-refractivity contribution in [3.05, 3.63) is 47.5 Å². The minimum atomic E-state index is 0.248. The summed E-state index contributed by atoms with van der Waals surface area (Å²) in [7, 11) is 0. The fourth-order valence-corrected chi connectivity index (χ4v) is 1.64. The molecule has 78 valence electrons. The van der Waals surface area contributed by atoms with Gasteiger partial charge in [0.15, 0.2) is 0 Å². The minimum absolute atomic E-state index is 0.248. The Morgan fingerprint density at radius 3 is 2.62 bits per heavy atom. The summed E-state index contributed by atoms with van der Waals surface area (Å²) >= 11 is 5.81. The van der Waals surface area contributed by atoms with Gasteiger partial charge in [-0.2, -0.15) is 5.26 Å². The van der Waals surface area contributed by atoms with Crippen LogP contribution in [0.5, 0.6) is 0 Å². The molecular weight excluding hydrogens is 222 g/mol. The first-order chi connectivity index (χ1) is 7.81. The molecule has 0 saturated carbocycles. The van der Waals surface area contributed by atoms with Gasteiger partial charge >= 0.3 is 0 Å². The predicted octanol–water partition coefficient (Wildman–Crippen LogP) is 2.86. The van der Waals surface area contributed by atoms with E-state index in [1.165, 1.54) is 0 Å². The number of rotatable bonds is 2. The fraction of sp³-hybridized carbons (Fsp3) is 0.0833. The predicted molar refractivity (Wildman–Crippen MR) is 61.8 cm³/mol. The Morgan fingerprint density at radius 2 is 1.94 bits per heavy atom. The van der Waals surface area contributed by atoms with Crippen LogP contribution in [0.15, 0.2) is 36.7 Å². The van der Waals surface area contributed by atoms with E-state index in [2.05, 4.69) is 16.0 Å². The molecule has 4 heteroatoms. The van der Waals surface area contributed by atoms with E-state index in [-0.39, 0.29) is 6.42 Å². The van der Waals surface area contributed by atoms with Gasteiger partial charge in [-0.15, -0.1) is 0 Å². The highest BCUT2D eigenvalue weighted by Crippen LogP contribution is 2.23. The van der Waals surface area contributed by atoms with Crippen LogP contribution < -0.4 is 0 Å². The Kier molecular flexibility index (Phi) is 3.13. The van der Waals surface area contributed by atoms with E-state index in [9.17, 15) is 0 Å². The summed E-state index contributed by atoms with van der Waals surface area (Å²) in [4.78, 5) is 8.11. The molecule has 0 spiro atoms. The highest BCUT2D eigenvalue weighted by molar-refractivity contribution is 6.29. The number of hydrogen-bond acceptors (Lipinski definition) is 3. The molecular formula is C12H8ClN3. The monoisotopic (exact) mass is 229 g/mol. The SMILES string of the molecule is N#CCc1nc(Cl)ccc1-c1ccncc1. The number of pyridine rings is 2. The van der Waals surface area contributed by atoms with E-state index < -0.39 is 0 Å². The van der Waals surface area contributed by atoms with Crippen molar-refractivity contribution >= 4 is 11.6 Å². The molecule has 16 heavy (non-hydrogen) atoms. The van der Waals surface area contributed by atoms with Crippen molar-refractivity contribution in [3.63, 3.8) is 0 Å². The van der Waals surface area contributed by atoms with E-state index in [1.54, 1.807) is 18.5 Å². The fourth-order valence-electron chi connectivity index (χ4n) is 1.48. The molecule has 0 saturated heterocycles. The molecule has 0 radical (unpaired) electrons. The number of nitrogens with zero attached hydrogens (tertiary/aromatic N) is 3. The second-order valence-corrected chi connectivity index (χ2v) is 3.59. The third-order valence-electron chi connectivity index (χ3n) is 2.18. The van der Waals surface area contributed by atoms with Gasteiger partial charge in [-0.05, 0) is 29.8 Å². The highest BCUT2D eigenvalue weighted by atomic mass is 35.5. The van der Waals surface area contributed by atoms with Crippen LogP contribution in [0.1, 0.15) is 5.69 Å². The van der Waals surface area contributed by atoms with Gasteiger partial charge in [0.25, 0.3) is 0 Å². The Balaban J connectivity index is 2.53. The molecule has 0 aliphatic heterocycles. The molecule has 0 amide bonds. The normalized spacial score (nSPS) is 9.75. The average Bonchev–Trinajstić information content (AvgIpc) is 2.31. The Bertz CT molecular complexity index is 532. The summed E-state index contributed by atoms with van der Waals surface area (Å²) in [6.45, 7) is 0. The summed E-state index contributed by atoms with van der Waals surface area (Å²) in [5.41, 5.74) is 2.61. The van der Waals surface area contributed by atoms with E-state index in [4.69, 9.17) is 16.9 Å². The van der Waals surface area contributed by atoms with Gasteiger partial charge in [0.2, 0.25) is 0 Å². The van der Waals surface area contributed by atoms with Crippen LogP contribution in [0.2, 0.25) is 5.15 Å². The van der Waals surface area contributed by atoms with Crippen molar-refractivity contribution in [2.24, 2.45) is 0 Å². The van der Waals surface area contributed by atoms with Crippen LogP contribution in [0.25, 0.3) is 11.1 Å². The van der Waals surface area contributed by atoms with Crippen molar-refractivity contribution in [1.29, 1.82) is 5.26 Å². The van der Waals surface area contributed by atoms with Gasteiger partial charge in [0, 0.05) is 18.0 Å². The summed E-state index contributed by atoms with van der Waals surface area (Å²) < 4.78 is 0. The van der Waals surface area contributed by atoms with E-state index in [0.29, 0.717) is 10.8 Å². The molecule has 0 unspecified atom stereocenters. The molecule has 2 aromatic heterocycles. The van der Waals surface area contributed by atoms with Crippen LogP contribution in [0.3, 0.4) is 0 Å². The van der Waals surface area contributed by atoms with Gasteiger partial charge in [-0.1, -0.05) is 11.6 Å². The van der Waals surface area contributed by atoms with Crippen molar-refractivity contribution in [2.75, 3.05) is 0 Å². The van der Waals surface area contributed by atoms with Crippen LogP contribution in [0.4, 0.5) is 0 Å². The van der Waals surface area contributed by atoms with Gasteiger partial charge in [-0.3, -0.25) is 4.98 Å². The first kappa shape index (κ1) is 10.6. The third-order valence-corrected chi connectivity index (χ3v) is 2.39. The average molecular weight is 230 g/mol. The lowest BCUT2D eigenvalue weighted by Crippen LogP contribution is -1.93. The summed E-state index contributed by atoms with van der Waals surface area (Å²) in [6.07, 6.45) is 3.67. The number of hydrogen-bond donors (Lipinski definition) is 0. The maximum Gasteiger partial charge on any atom is 0.129 e. The molecule has 0 aliphatic carbocycles. The smallest absolute Gasteiger partial charge is 0.129 e. The number of halogens is 1. The summed E-state index contributed by atoms with van der Waals surface area (Å²) in [5.74, 6) is 0. The molecule has 0 aromatic carbocycles. The van der Waals surface area contributed by atoms with E-state index >= 15 is 0 Å². The van der Waals surface area contributed by atoms with Crippen molar-refractivity contribution in [2.45, 2.75) is 6.42 Å². The summed E-state index contributed by atoms with van der Waals surface area (Å²) in [5, 5.41) is 9.14. The van der Waals surface area contributed by atoms with Crippen LogP contribution in [-0.2, 0) is 6.42 Å². The molecule has 0 atom stereocenters. The lowest BCUT2D eigenvalue weighted by Gasteiger charge is -2.06. The van der Waals surface area contributed by atoms with Crippen molar-refractivity contribution in [3.8, 4) is 17.2 Å². The molecule has 3 nitrogen and oxygen atoms in total. The van der Waals surface area contributed by atoms with E-state index in [1.807, 2.05) is 18.2 Å². The molecule has 0 fully saturated rings. The van der Waals surface area contributed by atoms with E-state index in [0.717, 1.165) is 11.1 Å². The van der Waals surface area contributed by atoms with Crippen molar-refractivity contribution in [1.82, 2.24) is 9.97 Å². The van der Waals surface area contributed by atoms with Crippen LogP contribution in [-0.4, -0.2) is 9.97 Å². The zero-order valence-corrected chi connectivity index (χ0v) is 9.15. The molecule has 2 aromatic rings. The Hall–Kier alpha value is -1.92. The Labute approximate surface area is 98.4 Å². The van der Waals surface area contributed by atoms with Crippen LogP contribution in [0, 0.1) is 11.3 Å². The first-order valence-corrected chi connectivity index (χ1v) is 5.12. The van der Waals surface area contributed by atoms with Gasteiger partial charge < -0.3 is 0 Å². The number of nitriles is 1. The topological polar surface area (TPSA) is 49.6 Å². The quantitative estimate of drug-likeness (QED) is 0.744. The number of aromatic nitrogens is 2. The molecule has 0 bridgehead atoms. The van der Waals surface area contributed by atoms with Crippen LogP contribution >= 0.6 is 11.6 Å². The lowest BCUT2D eigenvalue weighted by atomic mass is 10.0. The standard InChI is InChI=1S/C12H8ClN3/c13-12-2-1-10(11(16-12)3-6-14)9-4-7-15-8-5-9/h1-2,4-5,7-8H,3H2. The largest absolute Gasteiger partial charge is 0.265 e. The molecule has 0 N–H and O–H groups in total. The molecule has 2 heterocycles. The first-order valence-electron chi connectivity index (χ1n) is 4.74. The minimum Gasteiger partial charge on any atom is -0.265 e. The van der Waals surface area contributed by atoms with Gasteiger partial charge in [-0.25, -0.2) is 4.98 Å². The zero-order valence-electron chi connectivity index (χ0n) is 8.39. The molecule has 2 rings (SSSR count). The summed E-state index contributed by atoms with van der Waals surface area (Å²) in [6, 6.07) is 9.44. The zero-order chi connectivity index (χ0) is 11.4. The maximum absolute atomic E-state index is 8.74. The highest BCUT2D eigenvalue weighted by Gasteiger charge is 2.06. The lowest BCUT2D eigenvalue weighted by molar-refractivity contribution is 1.12. The maximum atomic E-state index is 8.74. The van der Waals surface area contributed by atoms with Gasteiger partial charge in [0.1, 0.15) is 5.15 Å². The third kappa shape index (κ3) is 2.18. The Morgan fingerprint density at radius 1 is 1.19 bits per heavy atom. The van der Waals surface area contributed by atoms with Gasteiger partial charge in [0.05, 0.1) is 18.2 Å². The second kappa shape index (κ2) is 4.73. The molecule has 0 aliphatic rings. The van der Waals surface area contributed by atoms with Crippen molar-refractivity contribution < 1.29 is 0 Å².